The van der Waals surface area contributed by atoms with Crippen LogP contribution in [-0.2, 0) is 27.2 Å². The minimum absolute atomic E-state index is 0.0764. The zero-order valence-corrected chi connectivity index (χ0v) is 14.9. The molecule has 1 N–H and O–H groups in total. The van der Waals surface area contributed by atoms with Crippen molar-refractivity contribution in [3.8, 4) is 0 Å². The summed E-state index contributed by atoms with van der Waals surface area (Å²) in [5.41, 5.74) is 4.19. The summed E-state index contributed by atoms with van der Waals surface area (Å²) >= 11 is 0. The number of benzene rings is 1. The Morgan fingerprint density at radius 1 is 1.27 bits per heavy atom. The van der Waals surface area contributed by atoms with Crippen LogP contribution in [0, 0.1) is 11.8 Å². The normalized spacial score (nSPS) is 24.5. The van der Waals surface area contributed by atoms with Gasteiger partial charge in [-0.1, -0.05) is 18.2 Å². The van der Waals surface area contributed by atoms with E-state index in [1.807, 2.05) is 6.07 Å². The molecule has 0 radical (unpaired) electrons. The molecule has 5 rings (SSSR count). The summed E-state index contributed by atoms with van der Waals surface area (Å²) in [5.74, 6) is 0.0841. The molecule has 0 spiro atoms. The molecular weight excluding hydrogens is 328 g/mol. The molecule has 5 heteroatoms. The van der Waals surface area contributed by atoms with Crippen LogP contribution in [-0.4, -0.2) is 24.2 Å². The van der Waals surface area contributed by atoms with E-state index in [2.05, 4.69) is 46.9 Å². The van der Waals surface area contributed by atoms with E-state index in [1.54, 1.807) is 6.26 Å². The lowest BCUT2D eigenvalue weighted by molar-refractivity contribution is -0.717. The number of fused-ring (bicyclic) bond motifs is 6. The Labute approximate surface area is 151 Å². The first-order chi connectivity index (χ1) is 12.7. The Bertz CT molecular complexity index is 1070. The number of aromatic amines is 1. The number of hydrogen-bond donors (Lipinski definition) is 1. The van der Waals surface area contributed by atoms with Gasteiger partial charge in [-0.2, -0.15) is 0 Å². The van der Waals surface area contributed by atoms with Gasteiger partial charge >= 0.3 is 5.97 Å². The summed E-state index contributed by atoms with van der Waals surface area (Å²) in [6.07, 6.45) is 4.64. The first-order valence-electron chi connectivity index (χ1n) is 9.03. The van der Waals surface area contributed by atoms with Crippen molar-refractivity contribution in [1.82, 2.24) is 4.98 Å². The molecule has 3 atom stereocenters. The minimum Gasteiger partial charge on any atom is -0.497 e. The van der Waals surface area contributed by atoms with Crippen LogP contribution in [0.3, 0.4) is 0 Å². The van der Waals surface area contributed by atoms with Crippen molar-refractivity contribution in [3.63, 3.8) is 0 Å². The van der Waals surface area contributed by atoms with Crippen LogP contribution < -0.4 is 4.57 Å². The van der Waals surface area contributed by atoms with E-state index in [1.165, 1.54) is 23.6 Å². The number of rotatable bonds is 1. The Hall–Kier alpha value is -2.82. The predicted molar refractivity (Wildman–Crippen MR) is 97.3 cm³/mol. The van der Waals surface area contributed by atoms with Crippen molar-refractivity contribution in [2.45, 2.75) is 26.0 Å². The first-order valence-corrected chi connectivity index (χ1v) is 9.03. The van der Waals surface area contributed by atoms with E-state index in [0.717, 1.165) is 24.0 Å². The van der Waals surface area contributed by atoms with Crippen LogP contribution in [0.25, 0.3) is 21.8 Å². The molecule has 2 aliphatic rings. The number of methoxy groups -OCH3 is 1. The van der Waals surface area contributed by atoms with Gasteiger partial charge in [0.25, 0.3) is 0 Å². The van der Waals surface area contributed by atoms with Crippen LogP contribution >= 0.6 is 0 Å². The largest absolute Gasteiger partial charge is 0.497 e. The van der Waals surface area contributed by atoms with Gasteiger partial charge in [0.05, 0.1) is 24.9 Å². The number of esters is 1. The Morgan fingerprint density at radius 2 is 2.12 bits per heavy atom. The van der Waals surface area contributed by atoms with Crippen LogP contribution in [0.2, 0.25) is 0 Å². The molecule has 1 aromatic carbocycles. The highest BCUT2D eigenvalue weighted by molar-refractivity contribution is 6.07. The molecule has 0 fully saturated rings. The molecule has 0 aliphatic carbocycles. The maximum atomic E-state index is 12.3. The summed E-state index contributed by atoms with van der Waals surface area (Å²) in [7, 11) is 1.43. The highest BCUT2D eigenvalue weighted by atomic mass is 16.5. The van der Waals surface area contributed by atoms with Gasteiger partial charge in [0.1, 0.15) is 11.6 Å². The third kappa shape index (κ3) is 2.09. The molecule has 0 amide bonds. The average Bonchev–Trinajstić information content (AvgIpc) is 3.06. The van der Waals surface area contributed by atoms with Crippen LogP contribution in [0.15, 0.2) is 48.4 Å². The number of ether oxygens (including phenoxy) is 2. The smallest absolute Gasteiger partial charge is 0.337 e. The third-order valence-electron chi connectivity index (χ3n) is 5.97. The van der Waals surface area contributed by atoms with E-state index in [9.17, 15) is 4.79 Å². The molecule has 0 saturated carbocycles. The topological polar surface area (TPSA) is 55.2 Å². The van der Waals surface area contributed by atoms with Crippen molar-refractivity contribution in [3.05, 3.63) is 54.1 Å². The fourth-order valence-corrected chi connectivity index (χ4v) is 4.57. The fourth-order valence-electron chi connectivity index (χ4n) is 4.57. The van der Waals surface area contributed by atoms with Crippen molar-refractivity contribution >= 4 is 27.8 Å². The van der Waals surface area contributed by atoms with Crippen molar-refractivity contribution in [2.75, 3.05) is 7.11 Å². The lowest BCUT2D eigenvalue weighted by atomic mass is 9.76. The maximum Gasteiger partial charge on any atom is 0.337 e. The number of para-hydroxylation sites is 1. The van der Waals surface area contributed by atoms with Gasteiger partial charge in [0, 0.05) is 34.7 Å². The minimum atomic E-state index is -0.288. The van der Waals surface area contributed by atoms with Gasteiger partial charge in [0.2, 0.25) is 5.69 Å². The number of aromatic nitrogens is 2. The monoisotopic (exact) mass is 349 g/mol. The van der Waals surface area contributed by atoms with Crippen molar-refractivity contribution in [2.24, 2.45) is 11.8 Å². The third-order valence-corrected chi connectivity index (χ3v) is 5.97. The Kier molecular flexibility index (Phi) is 3.32. The number of hydrogen-bond acceptors (Lipinski definition) is 3. The Morgan fingerprint density at radius 3 is 2.96 bits per heavy atom. The molecule has 0 unspecified atom stereocenters. The van der Waals surface area contributed by atoms with Gasteiger partial charge in [-0.05, 0) is 13.0 Å². The van der Waals surface area contributed by atoms with E-state index in [-0.39, 0.29) is 23.9 Å². The first kappa shape index (κ1) is 15.4. The molecule has 5 nitrogen and oxygen atoms in total. The second kappa shape index (κ2) is 5.59. The highest BCUT2D eigenvalue weighted by Crippen LogP contribution is 2.38. The summed E-state index contributed by atoms with van der Waals surface area (Å²) in [6.45, 7) is 2.91. The number of pyridine rings is 1. The number of carbonyl (C=O) groups is 1. The van der Waals surface area contributed by atoms with Gasteiger partial charge in [-0.3, -0.25) is 0 Å². The molecule has 132 valence electrons. The van der Waals surface area contributed by atoms with Gasteiger partial charge in [-0.15, -0.1) is 0 Å². The molecule has 4 heterocycles. The second-order valence-electron chi connectivity index (χ2n) is 7.25. The van der Waals surface area contributed by atoms with E-state index in [0.29, 0.717) is 5.57 Å². The number of nitrogens with zero attached hydrogens (tertiary/aromatic N) is 1. The summed E-state index contributed by atoms with van der Waals surface area (Å²) < 4.78 is 13.0. The van der Waals surface area contributed by atoms with E-state index < -0.39 is 0 Å². The highest BCUT2D eigenvalue weighted by Gasteiger charge is 2.45. The summed E-state index contributed by atoms with van der Waals surface area (Å²) in [5, 5.41) is 2.46. The fraction of sp³-hybridized carbons (Fsp3) is 0.333. The number of carbonyl (C=O) groups excluding carboxylic acids is 1. The number of nitrogens with one attached hydrogen (secondary N) is 1. The van der Waals surface area contributed by atoms with Gasteiger partial charge in [0.15, 0.2) is 12.7 Å². The number of H-pyrrole nitrogens is 1. The molecule has 0 bridgehead atoms. The van der Waals surface area contributed by atoms with Crippen molar-refractivity contribution < 1.29 is 18.8 Å². The molecule has 2 aliphatic heterocycles. The molecular formula is C21H21N2O3+. The maximum absolute atomic E-state index is 12.3. The summed E-state index contributed by atoms with van der Waals surface area (Å²) in [4.78, 5) is 15.8. The van der Waals surface area contributed by atoms with E-state index in [4.69, 9.17) is 9.47 Å². The van der Waals surface area contributed by atoms with Crippen LogP contribution in [0.5, 0.6) is 0 Å². The lowest BCUT2D eigenvalue weighted by Gasteiger charge is -2.36. The summed E-state index contributed by atoms with van der Waals surface area (Å²) in [6, 6.07) is 10.5. The lowest BCUT2D eigenvalue weighted by Crippen LogP contribution is -2.53. The molecule has 3 aromatic rings. The molecule has 26 heavy (non-hydrogen) atoms. The van der Waals surface area contributed by atoms with Crippen LogP contribution in [0.4, 0.5) is 0 Å². The van der Waals surface area contributed by atoms with Crippen LogP contribution in [0.1, 0.15) is 12.6 Å². The molecule has 0 saturated heterocycles. The Balaban J connectivity index is 1.68. The van der Waals surface area contributed by atoms with E-state index >= 15 is 0 Å². The second-order valence-corrected chi connectivity index (χ2v) is 7.25. The predicted octanol–water partition coefficient (Wildman–Crippen LogP) is 2.87. The standard InChI is InChI=1S/C21H20N2O3/c1-12-16-10-23-8-7-14-13-5-3-4-6-18(13)22-20(14)19(23)9-15(16)17(11-26-12)21(24)25-2/h3-8,11-12,15-16H,9-10H2,1-2H3/p+1/t12-,15-,16-/m0/s1. The van der Waals surface area contributed by atoms with Gasteiger partial charge in [-0.25, -0.2) is 9.36 Å². The quantitative estimate of drug-likeness (QED) is 0.543. The SMILES string of the molecule is COC(=O)C1=CO[C@@H](C)[C@@H]2C[n+]3ccc4c([nH]c5ccccc54)c3C[C@H]12. The molecule has 2 aromatic heterocycles. The van der Waals surface area contributed by atoms with Gasteiger partial charge < -0.3 is 14.5 Å². The average molecular weight is 349 g/mol. The zero-order valence-electron chi connectivity index (χ0n) is 14.9. The zero-order chi connectivity index (χ0) is 17.8. The van der Waals surface area contributed by atoms with Crippen molar-refractivity contribution in [1.29, 1.82) is 0 Å².